The number of nitrogens with zero attached hydrogens (tertiary/aromatic N) is 1. The van der Waals surface area contributed by atoms with Crippen LogP contribution < -0.4 is 22.0 Å². The number of rotatable bonds is 8. The highest BCUT2D eigenvalue weighted by atomic mass is 31.1. The maximum atomic E-state index is 13.9. The number of hydrogen-bond acceptors (Lipinski definition) is 6. The second-order valence-corrected chi connectivity index (χ2v) is 11.9. The lowest BCUT2D eigenvalue weighted by Gasteiger charge is -2.35. The third-order valence-electron chi connectivity index (χ3n) is 4.68. The van der Waals surface area contributed by atoms with E-state index in [1.54, 1.807) is 61.0 Å². The molecule has 0 radical (unpaired) electrons. The van der Waals surface area contributed by atoms with Gasteiger partial charge in [-0.2, -0.15) is 0 Å². The number of carbonyl (C=O) groups is 1. The fraction of sp³-hybridized carbons (Fsp3) is 0.261. The van der Waals surface area contributed by atoms with Gasteiger partial charge in [-0.1, -0.05) is 20.8 Å². The Kier molecular flexibility index (Phi) is 6.71. The number of amides is 1. The molecular weight excluding hydrogens is 448 g/mol. The predicted octanol–water partition coefficient (Wildman–Crippen LogP) is 4.34. The first-order chi connectivity index (χ1) is 15.4. The van der Waals surface area contributed by atoms with Gasteiger partial charge in [-0.3, -0.25) is 4.79 Å². The first kappa shape index (κ1) is 22.6. The summed E-state index contributed by atoms with van der Waals surface area (Å²) in [5.74, 6) is -0.179. The average molecular weight is 473 g/mol. The molecule has 0 aliphatic heterocycles. The number of furan rings is 4. The van der Waals surface area contributed by atoms with E-state index in [1.165, 1.54) is 0 Å². The summed E-state index contributed by atoms with van der Waals surface area (Å²) in [6.07, 6.45) is 5.59. The summed E-state index contributed by atoms with van der Waals surface area (Å²) in [6.45, 7) is 5.93. The van der Waals surface area contributed by atoms with E-state index in [2.05, 4.69) is 0 Å². The maximum absolute atomic E-state index is 13.9. The molecule has 0 N–H and O–H groups in total. The molecule has 7 nitrogen and oxygen atoms in total. The van der Waals surface area contributed by atoms with Gasteiger partial charge < -0.3 is 26.9 Å². The van der Waals surface area contributed by atoms with Gasteiger partial charge in [0, 0.05) is 7.05 Å². The molecule has 9 heteroatoms. The standard InChI is InChI=1S/C23H25NO6P2/c1-23(2,3)21(30-32(19-11-7-15-28-19)20-12-8-16-29-20)22(25)24(4)31(17-9-5-13-26-17)18-10-6-14-27-18/h5-16,21H,1-4H3. The van der Waals surface area contributed by atoms with Gasteiger partial charge in [0.2, 0.25) is 0 Å². The minimum Gasteiger partial charge on any atom is -0.462 e. The molecule has 4 aromatic heterocycles. The van der Waals surface area contributed by atoms with Crippen LogP contribution in [0.1, 0.15) is 20.8 Å². The monoisotopic (exact) mass is 473 g/mol. The van der Waals surface area contributed by atoms with E-state index in [4.69, 9.17) is 22.2 Å². The third kappa shape index (κ3) is 4.75. The van der Waals surface area contributed by atoms with Gasteiger partial charge in [0.15, 0.2) is 30.2 Å². The fourth-order valence-corrected chi connectivity index (χ4v) is 6.80. The van der Waals surface area contributed by atoms with Crippen LogP contribution in [0.5, 0.6) is 0 Å². The molecule has 32 heavy (non-hydrogen) atoms. The summed E-state index contributed by atoms with van der Waals surface area (Å²) in [5.41, 5.74) is 2.08. The quantitative estimate of drug-likeness (QED) is 0.354. The molecule has 168 valence electrons. The van der Waals surface area contributed by atoms with Crippen molar-refractivity contribution in [3.63, 3.8) is 0 Å². The van der Waals surface area contributed by atoms with Crippen LogP contribution in [-0.2, 0) is 9.32 Å². The molecule has 0 fully saturated rings. The molecule has 4 heterocycles. The van der Waals surface area contributed by atoms with E-state index in [-0.39, 0.29) is 5.91 Å². The molecule has 4 rings (SSSR count). The van der Waals surface area contributed by atoms with Crippen molar-refractivity contribution in [3.05, 3.63) is 73.6 Å². The first-order valence-electron chi connectivity index (χ1n) is 10.0. The van der Waals surface area contributed by atoms with Crippen molar-refractivity contribution in [1.82, 2.24) is 4.67 Å². The zero-order valence-electron chi connectivity index (χ0n) is 18.3. The van der Waals surface area contributed by atoms with E-state index in [0.29, 0.717) is 22.0 Å². The highest BCUT2D eigenvalue weighted by molar-refractivity contribution is 7.70. The molecule has 0 aliphatic rings. The molecule has 1 unspecified atom stereocenters. The fourth-order valence-electron chi connectivity index (χ4n) is 3.12. The Balaban J connectivity index is 1.67. The second-order valence-electron chi connectivity index (χ2n) is 8.12. The van der Waals surface area contributed by atoms with E-state index in [0.717, 1.165) is 0 Å². The first-order valence-corrected chi connectivity index (χ1v) is 12.6. The minimum atomic E-state index is -1.47. The van der Waals surface area contributed by atoms with Gasteiger partial charge in [-0.05, 0) is 53.9 Å². The zero-order valence-corrected chi connectivity index (χ0v) is 20.1. The Labute approximate surface area is 189 Å². The van der Waals surface area contributed by atoms with Crippen LogP contribution in [-0.4, -0.2) is 23.7 Å². The molecule has 1 atom stereocenters. The Morgan fingerprint density at radius 3 is 1.56 bits per heavy atom. The Morgan fingerprint density at radius 2 is 1.22 bits per heavy atom. The molecule has 1 amide bonds. The SMILES string of the molecule is CN(C(=O)C(OP(c1ccco1)c1ccco1)C(C)(C)C)P(c1ccco1)c1ccco1. The van der Waals surface area contributed by atoms with Crippen molar-refractivity contribution >= 4 is 44.1 Å². The second kappa shape index (κ2) is 9.50. The van der Waals surface area contributed by atoms with Gasteiger partial charge in [-0.15, -0.1) is 0 Å². The molecule has 0 saturated heterocycles. The van der Waals surface area contributed by atoms with Crippen LogP contribution in [0.25, 0.3) is 0 Å². The van der Waals surface area contributed by atoms with Crippen LogP contribution in [0.3, 0.4) is 0 Å². The Morgan fingerprint density at radius 1 is 0.812 bits per heavy atom. The summed E-state index contributed by atoms with van der Waals surface area (Å²) >= 11 is 0. The molecule has 0 aromatic carbocycles. The van der Waals surface area contributed by atoms with Crippen molar-refractivity contribution in [2.45, 2.75) is 26.9 Å². The maximum Gasteiger partial charge on any atom is 0.256 e. The Hall–Kier alpha value is -2.59. The van der Waals surface area contributed by atoms with Gasteiger partial charge in [0.05, 0.1) is 25.1 Å². The summed E-state index contributed by atoms with van der Waals surface area (Å²) in [6, 6.07) is 14.6. The molecule has 0 spiro atoms. The third-order valence-corrected chi connectivity index (χ3v) is 8.56. The predicted molar refractivity (Wildman–Crippen MR) is 124 cm³/mol. The minimum absolute atomic E-state index is 0.179. The van der Waals surface area contributed by atoms with Crippen molar-refractivity contribution in [3.8, 4) is 0 Å². The summed E-state index contributed by atoms with van der Waals surface area (Å²) in [4.78, 5) is 13.9. The van der Waals surface area contributed by atoms with Crippen molar-refractivity contribution in [2.75, 3.05) is 7.05 Å². The largest absolute Gasteiger partial charge is 0.462 e. The Bertz CT molecular complexity index is 1010. The van der Waals surface area contributed by atoms with Crippen LogP contribution in [0.4, 0.5) is 0 Å². The van der Waals surface area contributed by atoms with E-state index < -0.39 is 27.7 Å². The molecular formula is C23H25NO6P2. The lowest BCUT2D eigenvalue weighted by Crippen LogP contribution is -2.45. The zero-order chi connectivity index (χ0) is 22.7. The lowest BCUT2D eigenvalue weighted by atomic mass is 9.89. The summed E-state index contributed by atoms with van der Waals surface area (Å²) in [7, 11) is -1.06. The smallest absolute Gasteiger partial charge is 0.256 e. The molecule has 0 bridgehead atoms. The van der Waals surface area contributed by atoms with E-state index in [1.807, 2.05) is 45.0 Å². The van der Waals surface area contributed by atoms with Crippen LogP contribution in [0, 0.1) is 5.41 Å². The average Bonchev–Trinajstić information content (AvgIpc) is 3.57. The number of carbonyl (C=O) groups excluding carboxylic acids is 1. The van der Waals surface area contributed by atoms with Gasteiger partial charge in [0.1, 0.15) is 14.2 Å². The van der Waals surface area contributed by atoms with E-state index in [9.17, 15) is 4.79 Å². The van der Waals surface area contributed by atoms with Gasteiger partial charge in [-0.25, -0.2) is 0 Å². The van der Waals surface area contributed by atoms with Crippen molar-refractivity contribution < 1.29 is 27.0 Å². The van der Waals surface area contributed by atoms with E-state index >= 15 is 0 Å². The van der Waals surface area contributed by atoms with Crippen molar-refractivity contribution in [2.24, 2.45) is 5.41 Å². The topological polar surface area (TPSA) is 82.1 Å². The van der Waals surface area contributed by atoms with Crippen LogP contribution >= 0.6 is 16.2 Å². The summed E-state index contributed by atoms with van der Waals surface area (Å²) in [5, 5.41) is 0. The number of hydrogen-bond donors (Lipinski definition) is 0. The molecule has 0 saturated carbocycles. The van der Waals surface area contributed by atoms with Crippen LogP contribution in [0.15, 0.2) is 91.3 Å². The van der Waals surface area contributed by atoms with Gasteiger partial charge >= 0.3 is 0 Å². The number of likely N-dealkylation sites (N-methyl/N-ethyl adjacent to an activating group) is 1. The lowest BCUT2D eigenvalue weighted by molar-refractivity contribution is -0.136. The highest BCUT2D eigenvalue weighted by Crippen LogP contribution is 2.44. The summed E-state index contributed by atoms with van der Waals surface area (Å²) < 4.78 is 30.8. The highest BCUT2D eigenvalue weighted by Gasteiger charge is 2.41. The molecule has 0 aliphatic carbocycles. The van der Waals surface area contributed by atoms with Crippen molar-refractivity contribution in [1.29, 1.82) is 0 Å². The van der Waals surface area contributed by atoms with Gasteiger partial charge in [0.25, 0.3) is 5.91 Å². The van der Waals surface area contributed by atoms with Crippen LogP contribution in [0.2, 0.25) is 0 Å². The normalized spacial score (nSPS) is 13.1. The molecule has 4 aromatic rings.